The van der Waals surface area contributed by atoms with Crippen molar-refractivity contribution in [1.29, 1.82) is 0 Å². The largest absolute Gasteiger partial charge is 0.368 e. The number of anilines is 2. The first-order chi connectivity index (χ1) is 17.2. The third-order valence-corrected chi connectivity index (χ3v) is 8.75. The van der Waals surface area contributed by atoms with Gasteiger partial charge < -0.3 is 14.4 Å². The maximum absolute atomic E-state index is 13.2. The summed E-state index contributed by atoms with van der Waals surface area (Å²) in [6.07, 6.45) is 1.93. The number of piperazine rings is 1. The van der Waals surface area contributed by atoms with Gasteiger partial charge in [0.2, 0.25) is 11.0 Å². The molecule has 190 valence electrons. The first kappa shape index (κ1) is 24.5. The van der Waals surface area contributed by atoms with Crippen LogP contribution in [0.2, 0.25) is 5.02 Å². The molecule has 0 bridgehead atoms. The van der Waals surface area contributed by atoms with E-state index in [1.165, 1.54) is 0 Å². The Morgan fingerprint density at radius 1 is 1.11 bits per heavy atom. The Morgan fingerprint density at radius 2 is 1.83 bits per heavy atom. The van der Waals surface area contributed by atoms with Crippen LogP contribution in [0, 0.1) is 6.92 Å². The number of aromatic nitrogens is 3. The Balaban J connectivity index is 0.00000320. The van der Waals surface area contributed by atoms with Gasteiger partial charge in [-0.2, -0.15) is 4.37 Å². The van der Waals surface area contributed by atoms with E-state index >= 15 is 0 Å². The van der Waals surface area contributed by atoms with Crippen molar-refractivity contribution in [1.82, 2.24) is 18.8 Å². The molecule has 2 aromatic carbocycles. The molecule has 4 aromatic rings. The van der Waals surface area contributed by atoms with E-state index in [0.717, 1.165) is 28.1 Å². The van der Waals surface area contributed by atoms with E-state index in [1.807, 2.05) is 46.9 Å². The van der Waals surface area contributed by atoms with Gasteiger partial charge in [-0.3, -0.25) is 9.52 Å². The second-order valence-corrected chi connectivity index (χ2v) is 11.5. The fraction of sp³-hybridized carbons (Fsp3) is 0.292. The number of nitrogens with zero attached hydrogens (tertiary/aromatic N) is 5. The lowest BCUT2D eigenvalue weighted by Crippen LogP contribution is -2.50. The first-order valence-electron chi connectivity index (χ1n) is 11.4. The standard InChI is InChI=1S/C24H25ClN6O3S2.H2/c1-16(31-10-9-18-15-19(25)3-8-22(18)31)23(32)30-13-11-29(12-14-30)20-4-6-21(7-5-20)36(33,34)28-24-26-17(2)27-35-24;/h3-10,15-16H,11-14H2,1-2H3,(H,26,27,28);1H. The molecule has 36 heavy (non-hydrogen) atoms. The van der Waals surface area contributed by atoms with Crippen LogP contribution in [0.5, 0.6) is 0 Å². The zero-order valence-electron chi connectivity index (χ0n) is 19.8. The van der Waals surface area contributed by atoms with Gasteiger partial charge in [0.05, 0.1) is 4.90 Å². The van der Waals surface area contributed by atoms with E-state index in [4.69, 9.17) is 11.6 Å². The van der Waals surface area contributed by atoms with Crippen molar-refractivity contribution in [3.63, 3.8) is 0 Å². The minimum Gasteiger partial charge on any atom is -0.368 e. The van der Waals surface area contributed by atoms with E-state index in [1.54, 1.807) is 31.2 Å². The van der Waals surface area contributed by atoms with Crippen LogP contribution in [0.3, 0.4) is 0 Å². The van der Waals surface area contributed by atoms with Gasteiger partial charge in [-0.25, -0.2) is 13.4 Å². The summed E-state index contributed by atoms with van der Waals surface area (Å²) in [5.41, 5.74) is 1.89. The van der Waals surface area contributed by atoms with E-state index in [-0.39, 0.29) is 23.4 Å². The topological polar surface area (TPSA) is 100 Å². The zero-order valence-corrected chi connectivity index (χ0v) is 22.1. The summed E-state index contributed by atoms with van der Waals surface area (Å²) >= 11 is 7.10. The van der Waals surface area contributed by atoms with E-state index < -0.39 is 10.0 Å². The number of carbonyl (C=O) groups is 1. The van der Waals surface area contributed by atoms with Crippen LogP contribution in [-0.2, 0) is 14.8 Å². The first-order valence-corrected chi connectivity index (χ1v) is 14.1. The molecule has 1 unspecified atom stereocenters. The van der Waals surface area contributed by atoms with Crippen molar-refractivity contribution in [3.05, 3.63) is 65.6 Å². The maximum atomic E-state index is 13.2. The van der Waals surface area contributed by atoms with Gasteiger partial charge in [0, 0.05) is 66.9 Å². The van der Waals surface area contributed by atoms with Crippen LogP contribution in [-0.4, -0.2) is 59.3 Å². The molecule has 0 radical (unpaired) electrons. The highest BCUT2D eigenvalue weighted by Gasteiger charge is 2.27. The molecule has 2 aromatic heterocycles. The highest BCUT2D eigenvalue weighted by molar-refractivity contribution is 7.93. The lowest BCUT2D eigenvalue weighted by molar-refractivity contribution is -0.134. The summed E-state index contributed by atoms with van der Waals surface area (Å²) in [6, 6.07) is 14.0. The Kier molecular flexibility index (Phi) is 6.62. The van der Waals surface area contributed by atoms with E-state index in [0.29, 0.717) is 37.0 Å². The van der Waals surface area contributed by atoms with Crippen LogP contribution >= 0.6 is 23.1 Å². The van der Waals surface area contributed by atoms with Crippen LogP contribution in [0.15, 0.2) is 59.6 Å². The molecule has 1 amide bonds. The van der Waals surface area contributed by atoms with Crippen molar-refractivity contribution >= 4 is 60.8 Å². The van der Waals surface area contributed by atoms with Gasteiger partial charge in [-0.1, -0.05) is 11.6 Å². The molecule has 0 saturated carbocycles. The summed E-state index contributed by atoms with van der Waals surface area (Å²) in [4.78, 5) is 21.5. The second-order valence-electron chi connectivity index (χ2n) is 8.66. The third kappa shape index (κ3) is 4.91. The Bertz CT molecular complexity index is 1520. The van der Waals surface area contributed by atoms with Gasteiger partial charge in [0.1, 0.15) is 11.9 Å². The highest BCUT2D eigenvalue weighted by atomic mass is 35.5. The molecule has 1 fully saturated rings. The minimum absolute atomic E-state index is 0. The van der Waals surface area contributed by atoms with Gasteiger partial charge in [-0.05, 0) is 62.4 Å². The number of halogens is 1. The normalized spacial score (nSPS) is 15.3. The maximum Gasteiger partial charge on any atom is 0.263 e. The van der Waals surface area contributed by atoms with Crippen molar-refractivity contribution in [2.24, 2.45) is 0 Å². The Morgan fingerprint density at radius 3 is 2.50 bits per heavy atom. The number of aryl methyl sites for hydroxylation is 1. The summed E-state index contributed by atoms with van der Waals surface area (Å²) in [5, 5.41) is 1.92. The van der Waals surface area contributed by atoms with Crippen molar-refractivity contribution in [3.8, 4) is 0 Å². The number of amides is 1. The highest BCUT2D eigenvalue weighted by Crippen LogP contribution is 2.26. The number of benzene rings is 2. The SMILES string of the molecule is Cc1nsc(NS(=O)(=O)c2ccc(N3CCN(C(=O)C(C)n4ccc5cc(Cl)ccc54)CC3)cc2)n1.[HH]. The molecule has 1 aliphatic heterocycles. The molecule has 1 N–H and O–H groups in total. The van der Waals surface area contributed by atoms with Crippen LogP contribution in [0.1, 0.15) is 20.2 Å². The lowest BCUT2D eigenvalue weighted by atomic mass is 10.2. The van der Waals surface area contributed by atoms with Crippen molar-refractivity contribution in [2.75, 3.05) is 35.8 Å². The number of carbonyl (C=O) groups excluding carboxylic acids is 1. The molecule has 1 saturated heterocycles. The molecule has 0 spiro atoms. The monoisotopic (exact) mass is 546 g/mol. The lowest BCUT2D eigenvalue weighted by Gasteiger charge is -2.37. The molecule has 3 heterocycles. The number of nitrogens with one attached hydrogen (secondary N) is 1. The molecule has 9 nitrogen and oxygen atoms in total. The average molecular weight is 547 g/mol. The fourth-order valence-corrected chi connectivity index (χ4v) is 6.37. The molecule has 12 heteroatoms. The average Bonchev–Trinajstić information content (AvgIpc) is 3.48. The van der Waals surface area contributed by atoms with Gasteiger partial charge >= 0.3 is 0 Å². The molecule has 1 aliphatic rings. The number of fused-ring (bicyclic) bond motifs is 1. The van der Waals surface area contributed by atoms with Crippen molar-refractivity contribution in [2.45, 2.75) is 24.8 Å². The summed E-state index contributed by atoms with van der Waals surface area (Å²) in [5.74, 6) is 0.591. The van der Waals surface area contributed by atoms with Crippen LogP contribution < -0.4 is 9.62 Å². The summed E-state index contributed by atoms with van der Waals surface area (Å²) in [7, 11) is -3.74. The zero-order chi connectivity index (χ0) is 25.4. The Labute approximate surface area is 220 Å². The number of sulfonamides is 1. The fourth-order valence-electron chi connectivity index (χ4n) is 4.39. The van der Waals surface area contributed by atoms with Crippen LogP contribution in [0.4, 0.5) is 10.8 Å². The number of rotatable bonds is 6. The van der Waals surface area contributed by atoms with Crippen LogP contribution in [0.25, 0.3) is 10.9 Å². The summed E-state index contributed by atoms with van der Waals surface area (Å²) < 4.78 is 33.7. The molecule has 1 atom stereocenters. The summed E-state index contributed by atoms with van der Waals surface area (Å²) in [6.45, 7) is 6.12. The van der Waals surface area contributed by atoms with E-state index in [9.17, 15) is 13.2 Å². The predicted octanol–water partition coefficient (Wildman–Crippen LogP) is 4.41. The number of hydrogen-bond donors (Lipinski definition) is 1. The molecule has 5 rings (SSSR count). The van der Waals surface area contributed by atoms with E-state index in [2.05, 4.69) is 19.0 Å². The smallest absolute Gasteiger partial charge is 0.263 e. The minimum atomic E-state index is -3.74. The number of hydrogen-bond acceptors (Lipinski definition) is 7. The molecular formula is C24H27ClN6O3S2. The van der Waals surface area contributed by atoms with Gasteiger partial charge in [0.15, 0.2) is 0 Å². The van der Waals surface area contributed by atoms with Gasteiger partial charge in [0.25, 0.3) is 10.0 Å². The van der Waals surface area contributed by atoms with Crippen molar-refractivity contribution < 1.29 is 14.6 Å². The molecular weight excluding hydrogens is 520 g/mol. The molecule has 0 aliphatic carbocycles. The second kappa shape index (κ2) is 9.72. The Hall–Kier alpha value is -3.15. The van der Waals surface area contributed by atoms with Gasteiger partial charge in [-0.15, -0.1) is 0 Å². The quantitative estimate of drug-likeness (QED) is 0.384. The predicted molar refractivity (Wildman–Crippen MR) is 144 cm³/mol. The third-order valence-electron chi connectivity index (χ3n) is 6.31.